The second-order valence-electron chi connectivity index (χ2n) is 12.1. The number of unbranched alkanes of at least 4 members (excludes halogenated alkanes) is 28. The topological polar surface area (TPSA) is 80.3 Å². The molecular weight excluding hydrogens is 556 g/mol. The van der Waals surface area contributed by atoms with Crippen molar-refractivity contribution in [3.05, 3.63) is 0 Å². The minimum atomic E-state index is -0.903. The molecule has 6 heteroatoms. The summed E-state index contributed by atoms with van der Waals surface area (Å²) in [6, 6.07) is 0. The first-order valence-electron chi connectivity index (χ1n) is 17.9. The van der Waals surface area contributed by atoms with Crippen molar-refractivity contribution >= 4 is 47.4 Å². The van der Waals surface area contributed by atoms with Crippen molar-refractivity contribution in [3.63, 3.8) is 0 Å². The summed E-state index contributed by atoms with van der Waals surface area (Å²) in [5.74, 6) is -1.81. The van der Waals surface area contributed by atoms with Crippen molar-refractivity contribution in [2.75, 3.05) is 0 Å². The first kappa shape index (κ1) is 48.9. The molecule has 0 aliphatic rings. The van der Waals surface area contributed by atoms with Gasteiger partial charge >= 0.3 is 23.1 Å². The predicted molar refractivity (Wildman–Crippen MR) is 182 cm³/mol. The van der Waals surface area contributed by atoms with Gasteiger partial charge in [0.15, 0.2) is 0 Å². The first-order valence-corrected chi connectivity index (χ1v) is 17.9. The van der Waals surface area contributed by atoms with Gasteiger partial charge in [-0.3, -0.25) is 0 Å². The maximum atomic E-state index is 10.2. The maximum Gasteiger partial charge on any atom is 2.00 e. The Morgan fingerprint density at radius 2 is 0.476 bits per heavy atom. The van der Waals surface area contributed by atoms with Crippen molar-refractivity contribution < 1.29 is 19.8 Å². The average Bonchev–Trinajstić information content (AvgIpc) is 2.93. The summed E-state index contributed by atoms with van der Waals surface area (Å²) in [4.78, 5) is 20.4. The second-order valence-corrected chi connectivity index (χ2v) is 12.1. The van der Waals surface area contributed by atoms with Gasteiger partial charge in [-0.25, -0.2) is 0 Å². The number of rotatable bonds is 32. The van der Waals surface area contributed by atoms with Gasteiger partial charge in [-0.1, -0.05) is 194 Å². The van der Waals surface area contributed by atoms with E-state index in [0.717, 1.165) is 25.7 Å². The van der Waals surface area contributed by atoms with E-state index in [9.17, 15) is 19.8 Å². The van der Waals surface area contributed by atoms with Crippen LogP contribution in [0.15, 0.2) is 0 Å². The van der Waals surface area contributed by atoms with E-state index in [1.165, 1.54) is 167 Å². The van der Waals surface area contributed by atoms with Crippen molar-refractivity contribution in [2.24, 2.45) is 0 Å². The van der Waals surface area contributed by atoms with E-state index in [4.69, 9.17) is 0 Å². The number of halogens is 1. The van der Waals surface area contributed by atoms with E-state index < -0.39 is 11.9 Å². The molecule has 0 amide bonds. The summed E-state index contributed by atoms with van der Waals surface area (Å²) in [5.41, 5.74) is 0. The van der Waals surface area contributed by atoms with Crippen LogP contribution in [-0.4, -0.2) is 35.0 Å². The van der Waals surface area contributed by atoms with E-state index in [1.54, 1.807) is 0 Å². The molecule has 0 saturated heterocycles. The summed E-state index contributed by atoms with van der Waals surface area (Å²) in [6.07, 6.45) is 39.7. The molecule has 0 rings (SSSR count). The Balaban J connectivity index is -0.000000328. The van der Waals surface area contributed by atoms with Crippen LogP contribution < -0.4 is 10.2 Å². The third-order valence-corrected chi connectivity index (χ3v) is 7.97. The maximum absolute atomic E-state index is 10.2. The van der Waals surface area contributed by atoms with Gasteiger partial charge in [-0.15, -0.1) is 12.4 Å². The zero-order chi connectivity index (χ0) is 29.8. The molecule has 0 aromatic rings. The first-order chi connectivity index (χ1) is 19.5. The molecule has 0 bridgehead atoms. The standard InChI is InChI=1S/2C18H36O2.ClH.Mg/c2*1-2-3-4-5-6-7-8-9-10-11-12-13-14-15-16-17-18(19)20;;/h2*2-17H2,1H3,(H,19,20);1H;/q;;;+2/p-2. The molecule has 0 fully saturated rings. The number of carboxylic acid groups (broad SMARTS) is 2. The number of hydrogen-bond acceptors (Lipinski definition) is 4. The van der Waals surface area contributed by atoms with E-state index >= 15 is 0 Å². The van der Waals surface area contributed by atoms with Crippen LogP contribution in [-0.2, 0) is 9.59 Å². The van der Waals surface area contributed by atoms with Crippen LogP contribution in [0.5, 0.6) is 0 Å². The van der Waals surface area contributed by atoms with Gasteiger partial charge in [0.1, 0.15) is 0 Å². The van der Waals surface area contributed by atoms with E-state index in [0.29, 0.717) is 0 Å². The van der Waals surface area contributed by atoms with Gasteiger partial charge in [0.05, 0.1) is 0 Å². The molecular formula is C36H71ClMgO4. The molecule has 0 spiro atoms. The van der Waals surface area contributed by atoms with E-state index in [1.807, 2.05) is 0 Å². The van der Waals surface area contributed by atoms with Gasteiger partial charge in [-0.05, 0) is 25.7 Å². The third kappa shape index (κ3) is 52.6. The average molecular weight is 628 g/mol. The van der Waals surface area contributed by atoms with Gasteiger partial charge in [-0.2, -0.15) is 0 Å². The van der Waals surface area contributed by atoms with Gasteiger partial charge < -0.3 is 19.8 Å². The Morgan fingerprint density at radius 1 is 0.333 bits per heavy atom. The summed E-state index contributed by atoms with van der Waals surface area (Å²) < 4.78 is 0. The van der Waals surface area contributed by atoms with Crippen LogP contribution in [0.3, 0.4) is 0 Å². The van der Waals surface area contributed by atoms with Crippen molar-refractivity contribution in [2.45, 2.75) is 219 Å². The molecule has 0 N–H and O–H groups in total. The number of aliphatic carboxylic acids is 2. The van der Waals surface area contributed by atoms with Crippen LogP contribution in [0.1, 0.15) is 219 Å². The fourth-order valence-corrected chi connectivity index (χ4v) is 5.28. The molecule has 0 saturated carbocycles. The minimum absolute atomic E-state index is 0. The summed E-state index contributed by atoms with van der Waals surface area (Å²) >= 11 is 0. The van der Waals surface area contributed by atoms with Crippen LogP contribution in [0.2, 0.25) is 0 Å². The predicted octanol–water partition coefficient (Wildman–Crippen LogP) is 10.0. The Hall–Kier alpha value is -0.00377. The number of hydrogen-bond donors (Lipinski definition) is 0. The van der Waals surface area contributed by atoms with Gasteiger partial charge in [0.25, 0.3) is 0 Å². The fraction of sp³-hybridized carbons (Fsp3) is 0.944. The Labute approximate surface area is 285 Å². The largest absolute Gasteiger partial charge is 2.00 e. The molecule has 248 valence electrons. The zero-order valence-corrected chi connectivity index (χ0v) is 30.6. The van der Waals surface area contributed by atoms with Crippen molar-refractivity contribution in [1.29, 1.82) is 0 Å². The van der Waals surface area contributed by atoms with Crippen molar-refractivity contribution in [1.82, 2.24) is 0 Å². The summed E-state index contributed by atoms with van der Waals surface area (Å²) in [5, 5.41) is 20.4. The number of carbonyl (C=O) groups excluding carboxylic acids is 2. The Morgan fingerprint density at radius 3 is 0.619 bits per heavy atom. The normalized spacial score (nSPS) is 10.3. The van der Waals surface area contributed by atoms with E-state index in [2.05, 4.69) is 13.8 Å². The van der Waals surface area contributed by atoms with Gasteiger partial charge in [0.2, 0.25) is 0 Å². The Kier molecular flexibility index (Phi) is 52.9. The third-order valence-electron chi connectivity index (χ3n) is 7.97. The van der Waals surface area contributed by atoms with E-state index in [-0.39, 0.29) is 48.3 Å². The molecule has 0 aromatic heterocycles. The molecule has 0 aromatic carbocycles. The molecule has 0 unspecified atom stereocenters. The Bertz CT molecular complexity index is 461. The minimum Gasteiger partial charge on any atom is -0.550 e. The second kappa shape index (κ2) is 45.4. The number of carbonyl (C=O) groups is 2. The molecule has 0 radical (unpaired) electrons. The molecule has 0 heterocycles. The molecule has 0 aliphatic heterocycles. The van der Waals surface area contributed by atoms with Gasteiger partial charge in [0, 0.05) is 11.9 Å². The molecule has 42 heavy (non-hydrogen) atoms. The number of carboxylic acids is 2. The summed E-state index contributed by atoms with van der Waals surface area (Å²) in [6.45, 7) is 4.53. The molecule has 0 atom stereocenters. The van der Waals surface area contributed by atoms with Crippen molar-refractivity contribution in [3.8, 4) is 0 Å². The summed E-state index contributed by atoms with van der Waals surface area (Å²) in [7, 11) is 0. The fourth-order valence-electron chi connectivity index (χ4n) is 5.28. The van der Waals surface area contributed by atoms with Crippen LogP contribution in [0.4, 0.5) is 0 Å². The van der Waals surface area contributed by atoms with Crippen LogP contribution >= 0.6 is 12.4 Å². The SMILES string of the molecule is CCCCCCCCCCCCCCCCCC(=O)[O-].CCCCCCCCCCCCCCCCCC(=O)[O-].Cl.[Mg+2]. The zero-order valence-electron chi connectivity index (χ0n) is 28.4. The smallest absolute Gasteiger partial charge is 0.550 e. The molecule has 4 nitrogen and oxygen atoms in total. The van der Waals surface area contributed by atoms with Crippen LogP contribution in [0, 0.1) is 0 Å². The van der Waals surface area contributed by atoms with Crippen LogP contribution in [0.25, 0.3) is 0 Å². The monoisotopic (exact) mass is 626 g/mol. The molecule has 0 aliphatic carbocycles. The quantitative estimate of drug-likeness (QED) is 0.0549.